The number of fused-ring (bicyclic) bond motifs is 1. The predicted octanol–water partition coefficient (Wildman–Crippen LogP) is 1.72. The summed E-state index contributed by atoms with van der Waals surface area (Å²) in [6.45, 7) is 9.32. The standard InChI is InChI=1S/C13H21NO2/c1-11(2)6-9(11)10(15)14-13-5-8(13)7-16-12(13,3)4/h8-9H,5-7H2,1-4H3,(H,14,15)/t8?,9-,13?/m1/s1. The van der Waals surface area contributed by atoms with Gasteiger partial charge in [-0.15, -0.1) is 0 Å². The Kier molecular flexibility index (Phi) is 1.74. The SMILES string of the molecule is CC1(C)C[C@@H]1C(=O)NC12CC1COC2(C)C. The summed E-state index contributed by atoms with van der Waals surface area (Å²) < 4.78 is 5.74. The molecule has 2 aliphatic carbocycles. The van der Waals surface area contributed by atoms with Crippen molar-refractivity contribution in [3.05, 3.63) is 0 Å². The highest BCUT2D eigenvalue weighted by Gasteiger charge is 2.70. The van der Waals surface area contributed by atoms with Crippen LogP contribution in [0.1, 0.15) is 40.5 Å². The molecule has 1 N–H and O–H groups in total. The summed E-state index contributed by atoms with van der Waals surface area (Å²) >= 11 is 0. The van der Waals surface area contributed by atoms with E-state index in [-0.39, 0.29) is 28.4 Å². The summed E-state index contributed by atoms with van der Waals surface area (Å²) in [5.41, 5.74) is -0.0240. The van der Waals surface area contributed by atoms with E-state index in [9.17, 15) is 4.79 Å². The molecule has 2 unspecified atom stereocenters. The Morgan fingerprint density at radius 3 is 2.25 bits per heavy atom. The lowest BCUT2D eigenvalue weighted by Gasteiger charge is -2.31. The minimum Gasteiger partial charge on any atom is -0.373 e. The maximum Gasteiger partial charge on any atom is 0.224 e. The summed E-state index contributed by atoms with van der Waals surface area (Å²) in [4.78, 5) is 12.1. The van der Waals surface area contributed by atoms with Crippen LogP contribution in [0.3, 0.4) is 0 Å². The highest BCUT2D eigenvalue weighted by molar-refractivity contribution is 5.83. The zero-order valence-electron chi connectivity index (χ0n) is 10.6. The van der Waals surface area contributed by atoms with Gasteiger partial charge in [-0.25, -0.2) is 0 Å². The van der Waals surface area contributed by atoms with Crippen LogP contribution in [-0.4, -0.2) is 23.7 Å². The Hall–Kier alpha value is -0.570. The van der Waals surface area contributed by atoms with Gasteiger partial charge in [-0.3, -0.25) is 4.79 Å². The molecule has 3 nitrogen and oxygen atoms in total. The van der Waals surface area contributed by atoms with Crippen molar-refractivity contribution in [2.45, 2.75) is 51.7 Å². The van der Waals surface area contributed by atoms with Gasteiger partial charge >= 0.3 is 0 Å². The Morgan fingerprint density at radius 1 is 1.25 bits per heavy atom. The van der Waals surface area contributed by atoms with Gasteiger partial charge < -0.3 is 10.1 Å². The smallest absolute Gasteiger partial charge is 0.224 e. The molecule has 90 valence electrons. The zero-order valence-corrected chi connectivity index (χ0v) is 10.6. The molecule has 0 aromatic rings. The van der Waals surface area contributed by atoms with E-state index in [1.165, 1.54) is 0 Å². The number of amides is 1. The summed E-state index contributed by atoms with van der Waals surface area (Å²) in [5.74, 6) is 1.01. The third kappa shape index (κ3) is 1.21. The molecule has 3 rings (SSSR count). The predicted molar refractivity (Wildman–Crippen MR) is 60.9 cm³/mol. The van der Waals surface area contributed by atoms with Gasteiger partial charge in [0.15, 0.2) is 0 Å². The number of rotatable bonds is 2. The zero-order chi connectivity index (χ0) is 11.8. The van der Waals surface area contributed by atoms with Crippen molar-refractivity contribution in [2.75, 3.05) is 6.61 Å². The molecule has 3 aliphatic rings. The van der Waals surface area contributed by atoms with Crippen LogP contribution in [0.5, 0.6) is 0 Å². The summed E-state index contributed by atoms with van der Waals surface area (Å²) in [6.07, 6.45) is 2.12. The first-order chi connectivity index (χ1) is 7.29. The minimum atomic E-state index is -0.188. The van der Waals surface area contributed by atoms with Gasteiger partial charge in [0.2, 0.25) is 5.91 Å². The number of ether oxygens (including phenoxy) is 1. The molecule has 3 atom stereocenters. The molecule has 0 aromatic heterocycles. The molecular weight excluding hydrogens is 202 g/mol. The van der Waals surface area contributed by atoms with E-state index in [4.69, 9.17) is 4.74 Å². The quantitative estimate of drug-likeness (QED) is 0.774. The van der Waals surface area contributed by atoms with Crippen LogP contribution < -0.4 is 5.32 Å². The van der Waals surface area contributed by atoms with Crippen molar-refractivity contribution >= 4 is 5.91 Å². The highest BCUT2D eigenvalue weighted by Crippen LogP contribution is 2.59. The van der Waals surface area contributed by atoms with Gasteiger partial charge in [0.1, 0.15) is 0 Å². The molecule has 0 bridgehead atoms. The van der Waals surface area contributed by atoms with E-state index in [0.717, 1.165) is 19.4 Å². The molecule has 16 heavy (non-hydrogen) atoms. The van der Waals surface area contributed by atoms with Crippen LogP contribution in [-0.2, 0) is 9.53 Å². The van der Waals surface area contributed by atoms with E-state index in [1.54, 1.807) is 0 Å². The minimum absolute atomic E-state index is 0.0528. The van der Waals surface area contributed by atoms with E-state index >= 15 is 0 Å². The van der Waals surface area contributed by atoms with Crippen molar-refractivity contribution in [3.8, 4) is 0 Å². The highest BCUT2D eigenvalue weighted by atomic mass is 16.5. The van der Waals surface area contributed by atoms with Gasteiger partial charge in [0.05, 0.1) is 17.7 Å². The van der Waals surface area contributed by atoms with Crippen LogP contribution in [0.4, 0.5) is 0 Å². The second kappa shape index (κ2) is 2.63. The van der Waals surface area contributed by atoms with Crippen molar-refractivity contribution in [1.82, 2.24) is 5.32 Å². The first kappa shape index (κ1) is 10.6. The first-order valence-electron chi connectivity index (χ1n) is 6.24. The van der Waals surface area contributed by atoms with Crippen LogP contribution >= 0.6 is 0 Å². The monoisotopic (exact) mass is 223 g/mol. The molecular formula is C13H21NO2. The van der Waals surface area contributed by atoms with Gasteiger partial charge in [-0.1, -0.05) is 13.8 Å². The number of nitrogens with one attached hydrogen (secondary N) is 1. The lowest BCUT2D eigenvalue weighted by molar-refractivity contribution is -0.126. The molecule has 1 saturated heterocycles. The molecule has 1 amide bonds. The Bertz CT molecular complexity index is 361. The number of hydrogen-bond donors (Lipinski definition) is 1. The fourth-order valence-corrected chi connectivity index (χ4v) is 3.23. The average molecular weight is 223 g/mol. The van der Waals surface area contributed by atoms with Crippen molar-refractivity contribution < 1.29 is 9.53 Å². The molecule has 3 heteroatoms. The summed E-state index contributed by atoms with van der Waals surface area (Å²) in [7, 11) is 0. The van der Waals surface area contributed by atoms with Crippen LogP contribution in [0.2, 0.25) is 0 Å². The largest absolute Gasteiger partial charge is 0.373 e. The van der Waals surface area contributed by atoms with Gasteiger partial charge in [0, 0.05) is 11.8 Å². The second-order valence-electron chi connectivity index (χ2n) is 6.93. The molecule has 3 fully saturated rings. The van der Waals surface area contributed by atoms with Crippen LogP contribution in [0, 0.1) is 17.3 Å². The van der Waals surface area contributed by atoms with Gasteiger partial charge in [-0.05, 0) is 32.1 Å². The summed E-state index contributed by atoms with van der Waals surface area (Å²) in [5, 5.41) is 3.27. The van der Waals surface area contributed by atoms with Crippen molar-refractivity contribution in [1.29, 1.82) is 0 Å². The first-order valence-corrected chi connectivity index (χ1v) is 6.24. The van der Waals surface area contributed by atoms with Crippen molar-refractivity contribution in [2.24, 2.45) is 17.3 Å². The Morgan fingerprint density at radius 2 is 1.88 bits per heavy atom. The second-order valence-corrected chi connectivity index (χ2v) is 6.93. The van der Waals surface area contributed by atoms with E-state index in [2.05, 4.69) is 33.0 Å². The van der Waals surface area contributed by atoms with E-state index in [0.29, 0.717) is 5.92 Å². The molecule has 0 aromatic carbocycles. The van der Waals surface area contributed by atoms with E-state index < -0.39 is 0 Å². The number of hydrogen-bond acceptors (Lipinski definition) is 2. The fraction of sp³-hybridized carbons (Fsp3) is 0.923. The number of carbonyl (C=O) groups excluding carboxylic acids is 1. The third-order valence-electron chi connectivity index (χ3n) is 5.00. The lowest BCUT2D eigenvalue weighted by Crippen LogP contribution is -2.51. The van der Waals surface area contributed by atoms with Gasteiger partial charge in [-0.2, -0.15) is 0 Å². The number of carbonyl (C=O) groups is 1. The molecule has 1 aliphatic heterocycles. The maximum atomic E-state index is 12.1. The lowest BCUT2D eigenvalue weighted by atomic mass is 9.95. The molecule has 1 heterocycles. The van der Waals surface area contributed by atoms with Crippen molar-refractivity contribution in [3.63, 3.8) is 0 Å². The Balaban J connectivity index is 1.70. The van der Waals surface area contributed by atoms with Crippen LogP contribution in [0.15, 0.2) is 0 Å². The molecule has 0 spiro atoms. The van der Waals surface area contributed by atoms with E-state index in [1.807, 2.05) is 0 Å². The topological polar surface area (TPSA) is 38.3 Å². The molecule has 2 saturated carbocycles. The average Bonchev–Trinajstić information content (AvgIpc) is 2.98. The maximum absolute atomic E-state index is 12.1. The summed E-state index contributed by atoms with van der Waals surface area (Å²) in [6, 6.07) is 0. The van der Waals surface area contributed by atoms with Gasteiger partial charge in [0.25, 0.3) is 0 Å². The molecule has 0 radical (unpaired) electrons. The normalized spacial score (nSPS) is 46.0. The van der Waals surface area contributed by atoms with Crippen LogP contribution in [0.25, 0.3) is 0 Å². The Labute approximate surface area is 96.9 Å². The third-order valence-corrected chi connectivity index (χ3v) is 5.00. The fourth-order valence-electron chi connectivity index (χ4n) is 3.23.